The Hall–Kier alpha value is -2.42. The summed E-state index contributed by atoms with van der Waals surface area (Å²) >= 11 is 1.19. The van der Waals surface area contributed by atoms with E-state index in [1.807, 2.05) is 4.57 Å². The quantitative estimate of drug-likeness (QED) is 0.554. The van der Waals surface area contributed by atoms with Gasteiger partial charge in [0, 0.05) is 6.54 Å². The van der Waals surface area contributed by atoms with Crippen LogP contribution in [0.4, 0.5) is 14.9 Å². The van der Waals surface area contributed by atoms with Crippen molar-refractivity contribution >= 4 is 29.4 Å². The molecule has 25 heavy (non-hydrogen) atoms. The smallest absolute Gasteiger partial charge is 0.309 e. The molecule has 134 valence electrons. The van der Waals surface area contributed by atoms with Crippen LogP contribution < -0.4 is 10.6 Å². The fourth-order valence-corrected chi connectivity index (χ4v) is 2.79. The number of imide groups is 1. The number of halogens is 1. The van der Waals surface area contributed by atoms with Crippen LogP contribution in [0.25, 0.3) is 0 Å². The zero-order valence-corrected chi connectivity index (χ0v) is 14.7. The van der Waals surface area contributed by atoms with Crippen molar-refractivity contribution in [2.45, 2.75) is 37.9 Å². The minimum absolute atomic E-state index is 0.0103. The highest BCUT2D eigenvalue weighted by atomic mass is 32.2. The highest BCUT2D eigenvalue weighted by Crippen LogP contribution is 2.15. The summed E-state index contributed by atoms with van der Waals surface area (Å²) in [6, 6.07) is 4.95. The van der Waals surface area contributed by atoms with Gasteiger partial charge in [-0.2, -0.15) is 0 Å². The number of nitrogens with one attached hydrogen (secondary N) is 2. The molecule has 0 aliphatic heterocycles. The molecule has 0 saturated carbocycles. The van der Waals surface area contributed by atoms with Crippen LogP contribution in [0, 0.1) is 5.82 Å². The minimum atomic E-state index is -0.778. The van der Waals surface area contributed by atoms with Gasteiger partial charge >= 0.3 is 6.03 Å². The molecule has 2 rings (SSSR count). The van der Waals surface area contributed by atoms with Crippen molar-refractivity contribution in [3.63, 3.8) is 0 Å². The van der Waals surface area contributed by atoms with Crippen molar-refractivity contribution in [2.75, 3.05) is 11.1 Å². The number of unbranched alkanes of at least 4 members (excludes halogenated alkanes) is 2. The monoisotopic (exact) mass is 365 g/mol. The zero-order valence-electron chi connectivity index (χ0n) is 13.9. The summed E-state index contributed by atoms with van der Waals surface area (Å²) in [5.41, 5.74) is 0.0103. The predicted octanol–water partition coefficient (Wildman–Crippen LogP) is 3.05. The van der Waals surface area contributed by atoms with Crippen LogP contribution in [0.1, 0.15) is 26.2 Å². The van der Waals surface area contributed by atoms with Crippen molar-refractivity contribution in [2.24, 2.45) is 0 Å². The zero-order chi connectivity index (χ0) is 18.1. The first-order valence-corrected chi connectivity index (χ1v) is 8.94. The summed E-state index contributed by atoms with van der Waals surface area (Å²) < 4.78 is 15.3. The SMILES string of the molecule is CCCCCn1cnnc1SCC(=O)NC(=O)Nc1ccccc1F. The third-order valence-corrected chi connectivity index (χ3v) is 4.27. The number of urea groups is 1. The van der Waals surface area contributed by atoms with Gasteiger partial charge in [-0.25, -0.2) is 9.18 Å². The largest absolute Gasteiger partial charge is 0.325 e. The number of aromatic nitrogens is 3. The number of anilines is 1. The molecule has 2 N–H and O–H groups in total. The molecule has 1 aromatic heterocycles. The second-order valence-corrected chi connectivity index (χ2v) is 6.23. The van der Waals surface area contributed by atoms with E-state index < -0.39 is 17.8 Å². The van der Waals surface area contributed by atoms with Crippen LogP contribution >= 0.6 is 11.8 Å². The molecule has 1 heterocycles. The molecule has 0 aliphatic carbocycles. The Morgan fingerprint density at radius 2 is 2.08 bits per heavy atom. The third kappa shape index (κ3) is 6.18. The van der Waals surface area contributed by atoms with Gasteiger partial charge in [0.05, 0.1) is 11.4 Å². The average molecular weight is 365 g/mol. The van der Waals surface area contributed by atoms with Gasteiger partial charge in [0.25, 0.3) is 0 Å². The van der Waals surface area contributed by atoms with Gasteiger partial charge in [0.2, 0.25) is 5.91 Å². The maximum Gasteiger partial charge on any atom is 0.325 e. The minimum Gasteiger partial charge on any atom is -0.309 e. The van der Waals surface area contributed by atoms with E-state index in [0.717, 1.165) is 25.8 Å². The number of carbonyl (C=O) groups excluding carboxylic acids is 2. The first-order chi connectivity index (χ1) is 12.1. The molecule has 0 aliphatic rings. The normalized spacial score (nSPS) is 10.5. The Bertz CT molecular complexity index is 722. The third-order valence-electron chi connectivity index (χ3n) is 3.29. The van der Waals surface area contributed by atoms with Gasteiger partial charge in [-0.15, -0.1) is 10.2 Å². The van der Waals surface area contributed by atoms with Crippen LogP contribution in [0.5, 0.6) is 0 Å². The summed E-state index contributed by atoms with van der Waals surface area (Å²) in [7, 11) is 0. The lowest BCUT2D eigenvalue weighted by Crippen LogP contribution is -2.35. The molecule has 1 aromatic carbocycles. The lowest BCUT2D eigenvalue weighted by atomic mass is 10.2. The summed E-state index contributed by atoms with van der Waals surface area (Å²) in [6.07, 6.45) is 4.86. The molecule has 0 spiro atoms. The molecule has 0 radical (unpaired) electrons. The second-order valence-electron chi connectivity index (χ2n) is 5.28. The van der Waals surface area contributed by atoms with Crippen LogP contribution in [0.2, 0.25) is 0 Å². The number of carbonyl (C=O) groups is 2. The number of hydrogen-bond donors (Lipinski definition) is 2. The van der Waals surface area contributed by atoms with Crippen LogP contribution in [0.15, 0.2) is 35.7 Å². The summed E-state index contributed by atoms with van der Waals surface area (Å²) in [5, 5.41) is 12.9. The molecule has 0 atom stereocenters. The fraction of sp³-hybridized carbons (Fsp3) is 0.375. The highest BCUT2D eigenvalue weighted by Gasteiger charge is 2.12. The number of nitrogens with zero attached hydrogens (tertiary/aromatic N) is 3. The first kappa shape index (κ1) is 18.9. The van der Waals surface area contributed by atoms with E-state index in [-0.39, 0.29) is 11.4 Å². The molecular weight excluding hydrogens is 345 g/mol. The maximum absolute atomic E-state index is 13.4. The van der Waals surface area contributed by atoms with Gasteiger partial charge < -0.3 is 9.88 Å². The van der Waals surface area contributed by atoms with E-state index in [9.17, 15) is 14.0 Å². The van der Waals surface area contributed by atoms with Crippen molar-refractivity contribution in [3.8, 4) is 0 Å². The molecule has 9 heteroatoms. The maximum atomic E-state index is 13.4. The van der Waals surface area contributed by atoms with E-state index >= 15 is 0 Å². The first-order valence-electron chi connectivity index (χ1n) is 7.96. The number of aryl methyl sites for hydroxylation is 1. The number of hydrogen-bond acceptors (Lipinski definition) is 5. The number of benzene rings is 1. The van der Waals surface area contributed by atoms with Crippen LogP contribution in [0.3, 0.4) is 0 Å². The predicted molar refractivity (Wildman–Crippen MR) is 93.8 cm³/mol. The number of para-hydroxylation sites is 1. The van der Waals surface area contributed by atoms with E-state index in [4.69, 9.17) is 0 Å². The molecule has 0 fully saturated rings. The molecule has 7 nitrogen and oxygen atoms in total. The molecule has 0 unspecified atom stereocenters. The van der Waals surface area contributed by atoms with E-state index in [1.165, 1.54) is 30.0 Å². The Kier molecular flexibility index (Phi) is 7.39. The van der Waals surface area contributed by atoms with Crippen molar-refractivity contribution in [3.05, 3.63) is 36.4 Å². The standard InChI is InChI=1S/C16H20FN5O2S/c1-2-3-6-9-22-11-18-21-16(22)25-10-14(23)20-15(24)19-13-8-5-4-7-12(13)17/h4-5,7-8,11H,2-3,6,9-10H2,1H3,(H2,19,20,23,24). The molecule has 2 aromatic rings. The van der Waals surface area contributed by atoms with Crippen LogP contribution in [-0.2, 0) is 11.3 Å². The van der Waals surface area contributed by atoms with Gasteiger partial charge in [-0.1, -0.05) is 43.7 Å². The van der Waals surface area contributed by atoms with Crippen molar-refractivity contribution in [1.29, 1.82) is 0 Å². The molecular formula is C16H20FN5O2S. The Balaban J connectivity index is 1.78. The Morgan fingerprint density at radius 1 is 1.28 bits per heavy atom. The second kappa shape index (κ2) is 9.77. The van der Waals surface area contributed by atoms with E-state index in [2.05, 4.69) is 27.8 Å². The summed E-state index contributed by atoms with van der Waals surface area (Å²) in [4.78, 5) is 23.6. The highest BCUT2D eigenvalue weighted by molar-refractivity contribution is 7.99. The van der Waals surface area contributed by atoms with Gasteiger partial charge in [-0.3, -0.25) is 10.1 Å². The van der Waals surface area contributed by atoms with E-state index in [0.29, 0.717) is 5.16 Å². The van der Waals surface area contributed by atoms with Crippen LogP contribution in [-0.4, -0.2) is 32.5 Å². The lowest BCUT2D eigenvalue weighted by molar-refractivity contribution is -0.117. The number of amides is 3. The molecule has 0 bridgehead atoms. The average Bonchev–Trinajstić information content (AvgIpc) is 3.03. The van der Waals surface area contributed by atoms with Crippen molar-refractivity contribution < 1.29 is 14.0 Å². The Morgan fingerprint density at radius 3 is 2.84 bits per heavy atom. The topological polar surface area (TPSA) is 88.9 Å². The van der Waals surface area contributed by atoms with E-state index in [1.54, 1.807) is 12.4 Å². The summed E-state index contributed by atoms with van der Waals surface area (Å²) in [6.45, 7) is 2.91. The lowest BCUT2D eigenvalue weighted by Gasteiger charge is -2.08. The summed E-state index contributed by atoms with van der Waals surface area (Å²) in [5.74, 6) is -1.06. The van der Waals surface area contributed by atoms with Gasteiger partial charge in [-0.05, 0) is 18.6 Å². The number of thioether (sulfide) groups is 1. The molecule has 0 saturated heterocycles. The molecule has 3 amide bonds. The van der Waals surface area contributed by atoms with Gasteiger partial charge in [0.15, 0.2) is 5.16 Å². The number of rotatable bonds is 8. The Labute approximate surface area is 149 Å². The van der Waals surface area contributed by atoms with Gasteiger partial charge in [0.1, 0.15) is 12.1 Å². The fourth-order valence-electron chi connectivity index (χ4n) is 2.05. The van der Waals surface area contributed by atoms with Crippen molar-refractivity contribution in [1.82, 2.24) is 20.1 Å².